The Morgan fingerprint density at radius 3 is 2.00 bits per heavy atom. The van der Waals surface area contributed by atoms with E-state index in [4.69, 9.17) is 4.74 Å². The first kappa shape index (κ1) is 24.8. The summed E-state index contributed by atoms with van der Waals surface area (Å²) in [6.45, 7) is 2.25. The second-order valence-corrected chi connectivity index (χ2v) is 9.40. The molecule has 0 bridgehead atoms. The number of halogens is 4. The lowest BCUT2D eigenvalue weighted by Gasteiger charge is -2.37. The Morgan fingerprint density at radius 2 is 1.47 bits per heavy atom. The molecule has 0 amide bonds. The summed E-state index contributed by atoms with van der Waals surface area (Å²) in [6, 6.07) is 4.96. The van der Waals surface area contributed by atoms with Gasteiger partial charge in [0.15, 0.2) is 0 Å². The van der Waals surface area contributed by atoms with Gasteiger partial charge in [-0.3, -0.25) is 4.79 Å². The molecular weight excluding hydrogens is 424 g/mol. The third kappa shape index (κ3) is 7.11. The third-order valence-electron chi connectivity index (χ3n) is 7.17. The molecule has 32 heavy (non-hydrogen) atoms. The summed E-state index contributed by atoms with van der Waals surface area (Å²) in [5.74, 6) is 1.87. The van der Waals surface area contributed by atoms with E-state index < -0.39 is 12.5 Å². The average Bonchev–Trinajstić information content (AvgIpc) is 2.79. The standard InChI is InChI=1S/C25H34F4O3/c1-2-3-4-17-5-7-18(8-6-17)19-9-11-20(12-10-19)23(30)31-21-13-15-22(16-14-21)32-24(26)25(27,28)29/h13-20,24H,2-12H2,1H3. The van der Waals surface area contributed by atoms with Crippen molar-refractivity contribution in [2.45, 2.75) is 90.1 Å². The van der Waals surface area contributed by atoms with Gasteiger partial charge in [0, 0.05) is 0 Å². The summed E-state index contributed by atoms with van der Waals surface area (Å²) in [4.78, 5) is 12.5. The Hall–Kier alpha value is -1.79. The molecule has 2 aliphatic rings. The minimum atomic E-state index is -5.08. The predicted octanol–water partition coefficient (Wildman–Crippen LogP) is 7.63. The molecule has 0 spiro atoms. The van der Waals surface area contributed by atoms with Gasteiger partial charge in [-0.1, -0.05) is 39.0 Å². The van der Waals surface area contributed by atoms with Crippen molar-refractivity contribution in [3.63, 3.8) is 0 Å². The zero-order chi connectivity index (χ0) is 23.1. The zero-order valence-electron chi connectivity index (χ0n) is 18.7. The summed E-state index contributed by atoms with van der Waals surface area (Å²) in [5, 5.41) is 0. The smallest absolute Gasteiger partial charge is 0.452 e. The quantitative estimate of drug-likeness (QED) is 0.228. The molecule has 180 valence electrons. The van der Waals surface area contributed by atoms with Crippen LogP contribution in [0.5, 0.6) is 11.5 Å². The lowest BCUT2D eigenvalue weighted by Crippen LogP contribution is -2.30. The van der Waals surface area contributed by atoms with Gasteiger partial charge in [-0.25, -0.2) is 0 Å². The van der Waals surface area contributed by atoms with Gasteiger partial charge in [0.1, 0.15) is 11.5 Å². The molecule has 2 fully saturated rings. The highest BCUT2D eigenvalue weighted by Crippen LogP contribution is 2.42. The van der Waals surface area contributed by atoms with Gasteiger partial charge in [-0.2, -0.15) is 17.6 Å². The van der Waals surface area contributed by atoms with E-state index in [0.717, 1.165) is 49.7 Å². The van der Waals surface area contributed by atoms with Crippen LogP contribution in [0.25, 0.3) is 0 Å². The normalized spacial score (nSPS) is 27.5. The van der Waals surface area contributed by atoms with Crippen LogP contribution in [0.4, 0.5) is 17.6 Å². The Balaban J connectivity index is 1.40. The SMILES string of the molecule is CCCCC1CCC(C2CCC(C(=O)Oc3ccc(OC(F)C(F)(F)F)cc3)CC2)CC1. The maximum atomic E-state index is 13.0. The van der Waals surface area contributed by atoms with Crippen LogP contribution in [-0.2, 0) is 4.79 Å². The molecule has 0 N–H and O–H groups in total. The van der Waals surface area contributed by atoms with E-state index in [1.807, 2.05) is 0 Å². The molecule has 1 unspecified atom stereocenters. The van der Waals surface area contributed by atoms with Crippen molar-refractivity contribution in [3.05, 3.63) is 24.3 Å². The molecule has 0 aliphatic heterocycles. The van der Waals surface area contributed by atoms with E-state index in [1.54, 1.807) is 0 Å². The van der Waals surface area contributed by atoms with Crippen LogP contribution in [0.15, 0.2) is 24.3 Å². The van der Waals surface area contributed by atoms with Crippen LogP contribution in [0, 0.1) is 23.7 Å². The fraction of sp³-hybridized carbons (Fsp3) is 0.720. The number of hydrogen-bond donors (Lipinski definition) is 0. The van der Waals surface area contributed by atoms with E-state index in [-0.39, 0.29) is 23.4 Å². The van der Waals surface area contributed by atoms with Crippen molar-refractivity contribution in [3.8, 4) is 11.5 Å². The van der Waals surface area contributed by atoms with Crippen molar-refractivity contribution in [1.82, 2.24) is 0 Å². The summed E-state index contributed by atoms with van der Waals surface area (Å²) in [7, 11) is 0. The lowest BCUT2D eigenvalue weighted by atomic mass is 9.68. The van der Waals surface area contributed by atoms with Crippen molar-refractivity contribution >= 4 is 5.97 Å². The van der Waals surface area contributed by atoms with E-state index in [2.05, 4.69) is 11.7 Å². The van der Waals surface area contributed by atoms with Crippen LogP contribution >= 0.6 is 0 Å². The van der Waals surface area contributed by atoms with Crippen molar-refractivity contribution < 1.29 is 31.8 Å². The Kier molecular flexibility index (Phi) is 8.83. The first-order valence-electron chi connectivity index (χ1n) is 12.0. The minimum Gasteiger partial charge on any atom is -0.452 e. The number of hydrogen-bond acceptors (Lipinski definition) is 3. The second-order valence-electron chi connectivity index (χ2n) is 9.40. The van der Waals surface area contributed by atoms with Gasteiger partial charge in [0.05, 0.1) is 5.92 Å². The Morgan fingerprint density at radius 1 is 0.938 bits per heavy atom. The van der Waals surface area contributed by atoms with Gasteiger partial charge < -0.3 is 9.47 Å². The molecule has 0 radical (unpaired) electrons. The zero-order valence-corrected chi connectivity index (χ0v) is 18.7. The fourth-order valence-electron chi connectivity index (χ4n) is 5.24. The molecule has 2 saturated carbocycles. The second kappa shape index (κ2) is 11.4. The molecule has 1 atom stereocenters. The van der Waals surface area contributed by atoms with Crippen molar-refractivity contribution in [2.75, 3.05) is 0 Å². The monoisotopic (exact) mass is 458 g/mol. The number of alkyl halides is 4. The molecule has 0 aromatic heterocycles. The van der Waals surface area contributed by atoms with Crippen LogP contribution in [0.3, 0.4) is 0 Å². The molecular formula is C25H34F4O3. The molecule has 3 rings (SSSR count). The third-order valence-corrected chi connectivity index (χ3v) is 7.17. The van der Waals surface area contributed by atoms with E-state index in [1.165, 1.54) is 57.1 Å². The Bertz CT molecular complexity index is 703. The number of carbonyl (C=O) groups excluding carboxylic acids is 1. The van der Waals surface area contributed by atoms with Gasteiger partial charge in [0.25, 0.3) is 0 Å². The van der Waals surface area contributed by atoms with Crippen LogP contribution in [0.2, 0.25) is 0 Å². The van der Waals surface area contributed by atoms with Crippen LogP contribution in [-0.4, -0.2) is 18.5 Å². The van der Waals surface area contributed by atoms with Gasteiger partial charge in [-0.05, 0) is 80.5 Å². The molecule has 0 heterocycles. The average molecular weight is 459 g/mol. The van der Waals surface area contributed by atoms with Crippen molar-refractivity contribution in [2.24, 2.45) is 23.7 Å². The lowest BCUT2D eigenvalue weighted by molar-refractivity contribution is -0.236. The van der Waals surface area contributed by atoms with Gasteiger partial charge in [-0.15, -0.1) is 0 Å². The summed E-state index contributed by atoms with van der Waals surface area (Å²) >= 11 is 0. The molecule has 1 aromatic rings. The molecule has 3 nitrogen and oxygen atoms in total. The van der Waals surface area contributed by atoms with Crippen LogP contribution in [0.1, 0.15) is 77.6 Å². The molecule has 0 saturated heterocycles. The highest BCUT2D eigenvalue weighted by molar-refractivity contribution is 5.75. The number of benzene rings is 1. The summed E-state index contributed by atoms with van der Waals surface area (Å²) in [5.41, 5.74) is 0. The molecule has 1 aromatic carbocycles. The largest absolute Gasteiger partial charge is 0.457 e. The number of rotatable bonds is 8. The number of unbranched alkanes of at least 4 members (excludes halogenated alkanes) is 1. The number of carbonyl (C=O) groups is 1. The number of esters is 1. The minimum absolute atomic E-state index is 0.150. The van der Waals surface area contributed by atoms with E-state index in [0.29, 0.717) is 5.92 Å². The summed E-state index contributed by atoms with van der Waals surface area (Å²) in [6.07, 6.45) is 4.55. The van der Waals surface area contributed by atoms with Gasteiger partial charge in [0.2, 0.25) is 0 Å². The van der Waals surface area contributed by atoms with Gasteiger partial charge >= 0.3 is 18.5 Å². The van der Waals surface area contributed by atoms with Crippen molar-refractivity contribution in [1.29, 1.82) is 0 Å². The first-order valence-corrected chi connectivity index (χ1v) is 12.0. The van der Waals surface area contributed by atoms with E-state index in [9.17, 15) is 22.4 Å². The fourth-order valence-corrected chi connectivity index (χ4v) is 5.24. The molecule has 2 aliphatic carbocycles. The number of ether oxygens (including phenoxy) is 2. The predicted molar refractivity (Wildman–Crippen MR) is 114 cm³/mol. The van der Waals surface area contributed by atoms with E-state index >= 15 is 0 Å². The molecule has 7 heteroatoms. The summed E-state index contributed by atoms with van der Waals surface area (Å²) < 4.78 is 59.3. The Labute approximate surface area is 187 Å². The first-order chi connectivity index (χ1) is 15.3. The highest BCUT2D eigenvalue weighted by Gasteiger charge is 2.42. The highest BCUT2D eigenvalue weighted by atomic mass is 19.4. The topological polar surface area (TPSA) is 35.5 Å². The van der Waals surface area contributed by atoms with Crippen LogP contribution < -0.4 is 9.47 Å². The maximum absolute atomic E-state index is 13.0. The maximum Gasteiger partial charge on any atom is 0.457 e.